The zero-order valence-corrected chi connectivity index (χ0v) is 12.5. The molecule has 1 aliphatic rings. The van der Waals surface area contributed by atoms with E-state index in [1.54, 1.807) is 17.0 Å². The van der Waals surface area contributed by atoms with Crippen LogP contribution in [0.5, 0.6) is 0 Å². The lowest BCUT2D eigenvalue weighted by molar-refractivity contribution is -0.122. The summed E-state index contributed by atoms with van der Waals surface area (Å²) < 4.78 is 0. The maximum atomic E-state index is 12.9. The van der Waals surface area contributed by atoms with Crippen molar-refractivity contribution in [2.75, 3.05) is 11.4 Å². The van der Waals surface area contributed by atoms with Crippen molar-refractivity contribution in [2.24, 2.45) is 0 Å². The summed E-state index contributed by atoms with van der Waals surface area (Å²) in [7, 11) is 0. The Kier molecular flexibility index (Phi) is 3.92. The molecular weight excluding hydrogens is 276 g/mol. The van der Waals surface area contributed by atoms with E-state index in [2.05, 4.69) is 5.32 Å². The Labute approximate surface area is 129 Å². The summed E-state index contributed by atoms with van der Waals surface area (Å²) in [4.78, 5) is 26.9. The van der Waals surface area contributed by atoms with Crippen LogP contribution >= 0.6 is 0 Å². The van der Waals surface area contributed by atoms with Crippen molar-refractivity contribution in [1.82, 2.24) is 5.32 Å². The van der Waals surface area contributed by atoms with Gasteiger partial charge in [0.25, 0.3) is 5.91 Å². The molecule has 2 amide bonds. The molecule has 4 heteroatoms. The van der Waals surface area contributed by atoms with Gasteiger partial charge in [0.1, 0.15) is 6.04 Å². The molecule has 1 N–H and O–H groups in total. The highest BCUT2D eigenvalue weighted by Gasteiger charge is 2.38. The maximum Gasteiger partial charge on any atom is 0.259 e. The molecule has 0 saturated heterocycles. The van der Waals surface area contributed by atoms with Gasteiger partial charge in [-0.25, -0.2) is 0 Å². The van der Waals surface area contributed by atoms with Gasteiger partial charge in [0.05, 0.1) is 0 Å². The average Bonchev–Trinajstić information content (AvgIpc) is 2.95. The Morgan fingerprint density at radius 1 is 1.09 bits per heavy atom. The van der Waals surface area contributed by atoms with Gasteiger partial charge in [0, 0.05) is 24.2 Å². The first-order valence-electron chi connectivity index (χ1n) is 7.46. The van der Waals surface area contributed by atoms with Crippen LogP contribution in [0.1, 0.15) is 22.8 Å². The lowest BCUT2D eigenvalue weighted by Gasteiger charge is -2.24. The second kappa shape index (κ2) is 6.02. The third-order valence-electron chi connectivity index (χ3n) is 3.87. The lowest BCUT2D eigenvalue weighted by Crippen LogP contribution is -2.48. The number of hydrogen-bond donors (Lipinski definition) is 1. The predicted molar refractivity (Wildman–Crippen MR) is 85.9 cm³/mol. The number of nitrogens with zero attached hydrogens (tertiary/aromatic N) is 1. The lowest BCUT2D eigenvalue weighted by atomic mass is 10.1. The fourth-order valence-electron chi connectivity index (χ4n) is 2.86. The molecule has 0 aromatic heterocycles. The summed E-state index contributed by atoms with van der Waals surface area (Å²) in [6, 6.07) is 16.3. The molecule has 2 aromatic carbocycles. The van der Waals surface area contributed by atoms with E-state index in [4.69, 9.17) is 0 Å². The molecule has 0 spiro atoms. The molecule has 22 heavy (non-hydrogen) atoms. The minimum atomic E-state index is -0.481. The van der Waals surface area contributed by atoms with Crippen LogP contribution in [0.2, 0.25) is 0 Å². The number of benzene rings is 2. The first-order valence-corrected chi connectivity index (χ1v) is 7.46. The molecular formula is C18H18N2O2. The third kappa shape index (κ3) is 2.48. The molecule has 0 unspecified atom stereocenters. The Hall–Kier alpha value is -2.62. The summed E-state index contributed by atoms with van der Waals surface area (Å²) in [6.07, 6.45) is 0.556. The predicted octanol–water partition coefficient (Wildman–Crippen LogP) is 2.39. The fraction of sp³-hybridized carbons (Fsp3) is 0.222. The van der Waals surface area contributed by atoms with Crippen molar-refractivity contribution in [3.8, 4) is 0 Å². The van der Waals surface area contributed by atoms with E-state index in [-0.39, 0.29) is 11.8 Å². The van der Waals surface area contributed by atoms with Crippen LogP contribution in [0.25, 0.3) is 0 Å². The highest BCUT2D eigenvalue weighted by atomic mass is 16.2. The van der Waals surface area contributed by atoms with Crippen molar-refractivity contribution in [3.63, 3.8) is 0 Å². The largest absolute Gasteiger partial charge is 0.355 e. The Bertz CT molecular complexity index is 697. The van der Waals surface area contributed by atoms with Crippen molar-refractivity contribution >= 4 is 17.5 Å². The molecule has 0 fully saturated rings. The molecule has 0 bridgehead atoms. The van der Waals surface area contributed by atoms with Crippen LogP contribution in [0.15, 0.2) is 54.6 Å². The number of likely N-dealkylation sites (N-methyl/N-ethyl adjacent to an activating group) is 1. The minimum absolute atomic E-state index is 0.108. The number of amides is 2. The van der Waals surface area contributed by atoms with Crippen molar-refractivity contribution in [1.29, 1.82) is 0 Å². The van der Waals surface area contributed by atoms with Gasteiger partial charge in [-0.05, 0) is 30.7 Å². The van der Waals surface area contributed by atoms with Crippen molar-refractivity contribution in [3.05, 3.63) is 65.7 Å². The van der Waals surface area contributed by atoms with E-state index in [9.17, 15) is 9.59 Å². The van der Waals surface area contributed by atoms with Crippen molar-refractivity contribution in [2.45, 2.75) is 19.4 Å². The molecule has 0 saturated carbocycles. The first kappa shape index (κ1) is 14.3. The minimum Gasteiger partial charge on any atom is -0.355 e. The first-order chi connectivity index (χ1) is 10.7. The van der Waals surface area contributed by atoms with Gasteiger partial charge < -0.3 is 5.32 Å². The summed E-state index contributed by atoms with van der Waals surface area (Å²) in [5, 5.41) is 2.83. The van der Waals surface area contributed by atoms with Gasteiger partial charge >= 0.3 is 0 Å². The van der Waals surface area contributed by atoms with Gasteiger partial charge in [0.15, 0.2) is 0 Å². The highest BCUT2D eigenvalue weighted by molar-refractivity contribution is 6.11. The zero-order chi connectivity index (χ0) is 15.5. The second-order valence-electron chi connectivity index (χ2n) is 5.28. The summed E-state index contributed by atoms with van der Waals surface area (Å²) in [5.74, 6) is -0.246. The molecule has 0 aliphatic carbocycles. The van der Waals surface area contributed by atoms with Crippen LogP contribution in [0.3, 0.4) is 0 Å². The highest BCUT2D eigenvalue weighted by Crippen LogP contribution is 2.33. The van der Waals surface area contributed by atoms with Crippen LogP contribution in [0.4, 0.5) is 5.69 Å². The fourth-order valence-corrected chi connectivity index (χ4v) is 2.86. The third-order valence-corrected chi connectivity index (χ3v) is 3.87. The molecule has 1 aliphatic heterocycles. The normalized spacial score (nSPS) is 16.2. The molecule has 0 radical (unpaired) electrons. The van der Waals surface area contributed by atoms with Crippen LogP contribution < -0.4 is 10.2 Å². The summed E-state index contributed by atoms with van der Waals surface area (Å²) in [6.45, 7) is 2.43. The number of para-hydroxylation sites is 1. The monoisotopic (exact) mass is 294 g/mol. The van der Waals surface area contributed by atoms with Crippen LogP contribution in [-0.2, 0) is 11.2 Å². The quantitative estimate of drug-likeness (QED) is 0.945. The van der Waals surface area contributed by atoms with Gasteiger partial charge in [-0.3, -0.25) is 14.5 Å². The number of fused-ring (bicyclic) bond motifs is 1. The van der Waals surface area contributed by atoms with Gasteiger partial charge in [-0.15, -0.1) is 0 Å². The molecule has 1 atom stereocenters. The van der Waals surface area contributed by atoms with E-state index in [0.29, 0.717) is 18.5 Å². The Morgan fingerprint density at radius 3 is 2.50 bits per heavy atom. The zero-order valence-electron chi connectivity index (χ0n) is 12.5. The SMILES string of the molecule is CCNC(=O)[C@H]1Cc2ccccc2N1C(=O)c1ccccc1. The topological polar surface area (TPSA) is 49.4 Å². The second-order valence-corrected chi connectivity index (χ2v) is 5.28. The number of hydrogen-bond acceptors (Lipinski definition) is 2. The standard InChI is InChI=1S/C18H18N2O2/c1-2-19-17(21)16-12-14-10-6-7-11-15(14)20(16)18(22)13-8-4-3-5-9-13/h3-11,16H,2,12H2,1H3,(H,19,21)/t16-/m1/s1. The molecule has 4 nitrogen and oxygen atoms in total. The molecule has 1 heterocycles. The van der Waals surface area contributed by atoms with Gasteiger partial charge in [-0.1, -0.05) is 36.4 Å². The van der Waals surface area contributed by atoms with E-state index in [0.717, 1.165) is 11.3 Å². The summed E-state index contributed by atoms with van der Waals surface area (Å²) in [5.41, 5.74) is 2.45. The number of carbonyl (C=O) groups excluding carboxylic acids is 2. The number of rotatable bonds is 3. The molecule has 112 valence electrons. The summed E-state index contributed by atoms with van der Waals surface area (Å²) >= 11 is 0. The van der Waals surface area contributed by atoms with E-state index < -0.39 is 6.04 Å². The van der Waals surface area contributed by atoms with Gasteiger partial charge in [0.2, 0.25) is 5.91 Å². The van der Waals surface area contributed by atoms with E-state index >= 15 is 0 Å². The molecule has 2 aromatic rings. The van der Waals surface area contributed by atoms with E-state index in [1.165, 1.54) is 0 Å². The smallest absolute Gasteiger partial charge is 0.259 e. The molecule has 3 rings (SSSR count). The number of carbonyl (C=O) groups is 2. The van der Waals surface area contributed by atoms with Crippen LogP contribution in [-0.4, -0.2) is 24.4 Å². The average molecular weight is 294 g/mol. The number of anilines is 1. The Morgan fingerprint density at radius 2 is 1.77 bits per heavy atom. The number of nitrogens with one attached hydrogen (secondary N) is 1. The van der Waals surface area contributed by atoms with E-state index in [1.807, 2.05) is 49.4 Å². The Balaban J connectivity index is 2.00. The van der Waals surface area contributed by atoms with Gasteiger partial charge in [-0.2, -0.15) is 0 Å². The van der Waals surface area contributed by atoms with Crippen LogP contribution in [0, 0.1) is 0 Å². The maximum absolute atomic E-state index is 12.9. The van der Waals surface area contributed by atoms with Crippen molar-refractivity contribution < 1.29 is 9.59 Å².